The molecule has 1 saturated heterocycles. The van der Waals surface area contributed by atoms with Gasteiger partial charge in [0.1, 0.15) is 12.0 Å². The second-order valence-electron chi connectivity index (χ2n) is 5.66. The second-order valence-corrected chi connectivity index (χ2v) is 5.66. The normalized spacial score (nSPS) is 19.5. The van der Waals surface area contributed by atoms with Crippen molar-refractivity contribution in [3.63, 3.8) is 0 Å². The summed E-state index contributed by atoms with van der Waals surface area (Å²) < 4.78 is 5.38. The maximum Gasteiger partial charge on any atom is 0.150 e. The molecule has 1 aromatic rings. The summed E-state index contributed by atoms with van der Waals surface area (Å²) in [4.78, 5) is 15.6. The molecule has 1 aliphatic rings. The van der Waals surface area contributed by atoms with Crippen LogP contribution in [0, 0.1) is 0 Å². The zero-order valence-electron chi connectivity index (χ0n) is 12.6. The van der Waals surface area contributed by atoms with Gasteiger partial charge in [0.15, 0.2) is 0 Å². The van der Waals surface area contributed by atoms with E-state index in [-0.39, 0.29) is 0 Å². The highest BCUT2D eigenvalue weighted by Gasteiger charge is 2.22. The first-order valence-corrected chi connectivity index (χ1v) is 7.15. The molecule has 1 aliphatic heterocycles. The molecular formula is C16H24N2O2. The highest BCUT2D eigenvalue weighted by molar-refractivity contribution is 5.75. The third-order valence-electron chi connectivity index (χ3n) is 4.07. The molecule has 20 heavy (non-hydrogen) atoms. The maximum absolute atomic E-state index is 10.9. The average molecular weight is 276 g/mol. The highest BCUT2D eigenvalue weighted by Crippen LogP contribution is 2.22. The first-order chi connectivity index (χ1) is 9.63. The molecule has 0 bridgehead atoms. The number of carbonyl (C=O) groups is 1. The number of carbonyl (C=O) groups excluding carboxylic acids is 1. The molecule has 0 radical (unpaired) electrons. The average Bonchev–Trinajstić information content (AvgIpc) is 2.84. The van der Waals surface area contributed by atoms with Gasteiger partial charge in [-0.05, 0) is 51.7 Å². The van der Waals surface area contributed by atoms with Gasteiger partial charge in [-0.2, -0.15) is 0 Å². The van der Waals surface area contributed by atoms with Crippen molar-refractivity contribution in [2.45, 2.75) is 25.4 Å². The Labute approximate surface area is 121 Å². The van der Waals surface area contributed by atoms with E-state index in [1.165, 1.54) is 19.4 Å². The van der Waals surface area contributed by atoms with E-state index in [0.717, 1.165) is 30.7 Å². The minimum atomic E-state index is 0.639. The molecule has 0 amide bonds. The van der Waals surface area contributed by atoms with Crippen molar-refractivity contribution in [2.24, 2.45) is 0 Å². The maximum atomic E-state index is 10.9. The smallest absolute Gasteiger partial charge is 0.150 e. The van der Waals surface area contributed by atoms with Gasteiger partial charge >= 0.3 is 0 Å². The quantitative estimate of drug-likeness (QED) is 0.744. The Bertz CT molecular complexity index is 462. The van der Waals surface area contributed by atoms with Crippen LogP contribution in [0.5, 0.6) is 5.75 Å². The molecule has 0 spiro atoms. The predicted octanol–water partition coefficient (Wildman–Crippen LogP) is 2.03. The number of likely N-dealkylation sites (tertiary alicyclic amines) is 1. The molecule has 0 aliphatic carbocycles. The van der Waals surface area contributed by atoms with Crippen molar-refractivity contribution < 1.29 is 9.53 Å². The zero-order valence-corrected chi connectivity index (χ0v) is 12.6. The molecule has 1 unspecified atom stereocenters. The first kappa shape index (κ1) is 15.0. The van der Waals surface area contributed by atoms with Crippen LogP contribution in [-0.2, 0) is 6.54 Å². The topological polar surface area (TPSA) is 32.8 Å². The number of hydrogen-bond donors (Lipinski definition) is 0. The molecule has 0 aromatic heterocycles. The molecule has 110 valence electrons. The summed E-state index contributed by atoms with van der Waals surface area (Å²) in [5.74, 6) is 0.849. The molecule has 4 nitrogen and oxygen atoms in total. The Kier molecular flexibility index (Phi) is 5.15. The fourth-order valence-corrected chi connectivity index (χ4v) is 2.92. The number of aldehydes is 1. The Balaban J connectivity index is 2.02. The molecule has 1 fully saturated rings. The molecule has 0 N–H and O–H groups in total. The van der Waals surface area contributed by atoms with Gasteiger partial charge in [-0.15, -0.1) is 0 Å². The van der Waals surface area contributed by atoms with E-state index in [1.807, 2.05) is 12.1 Å². The zero-order chi connectivity index (χ0) is 14.5. The van der Waals surface area contributed by atoms with E-state index in [1.54, 1.807) is 13.2 Å². The number of likely N-dealkylation sites (N-methyl/N-ethyl adjacent to an activating group) is 2. The fourth-order valence-electron chi connectivity index (χ4n) is 2.92. The monoisotopic (exact) mass is 276 g/mol. The van der Waals surface area contributed by atoms with Crippen molar-refractivity contribution in [1.29, 1.82) is 0 Å². The van der Waals surface area contributed by atoms with Gasteiger partial charge in [0.05, 0.1) is 7.11 Å². The molecule has 0 saturated carbocycles. The van der Waals surface area contributed by atoms with E-state index in [9.17, 15) is 4.79 Å². The van der Waals surface area contributed by atoms with Gasteiger partial charge < -0.3 is 14.5 Å². The number of rotatable bonds is 6. The fraction of sp³-hybridized carbons (Fsp3) is 0.562. The lowest BCUT2D eigenvalue weighted by molar-refractivity contribution is 0.112. The van der Waals surface area contributed by atoms with Crippen molar-refractivity contribution >= 4 is 6.29 Å². The van der Waals surface area contributed by atoms with Crippen LogP contribution in [0.3, 0.4) is 0 Å². The van der Waals surface area contributed by atoms with E-state index in [0.29, 0.717) is 11.6 Å². The van der Waals surface area contributed by atoms with Crippen molar-refractivity contribution in [1.82, 2.24) is 9.80 Å². The molecule has 4 heteroatoms. The molecule has 1 heterocycles. The number of methoxy groups -OCH3 is 1. The van der Waals surface area contributed by atoms with E-state index >= 15 is 0 Å². The van der Waals surface area contributed by atoms with Gasteiger partial charge in [0.2, 0.25) is 0 Å². The third-order valence-corrected chi connectivity index (χ3v) is 4.07. The van der Waals surface area contributed by atoms with Crippen LogP contribution in [0.25, 0.3) is 0 Å². The summed E-state index contributed by atoms with van der Waals surface area (Å²) in [7, 11) is 5.99. The van der Waals surface area contributed by atoms with Crippen LogP contribution in [0.2, 0.25) is 0 Å². The van der Waals surface area contributed by atoms with E-state index in [4.69, 9.17) is 4.74 Å². The van der Waals surface area contributed by atoms with E-state index in [2.05, 4.69) is 23.9 Å². The summed E-state index contributed by atoms with van der Waals surface area (Å²) >= 11 is 0. The predicted molar refractivity (Wildman–Crippen MR) is 80.4 cm³/mol. The van der Waals surface area contributed by atoms with Gasteiger partial charge in [0.25, 0.3) is 0 Å². The van der Waals surface area contributed by atoms with Crippen LogP contribution in [0.4, 0.5) is 0 Å². The third kappa shape index (κ3) is 3.58. The first-order valence-electron chi connectivity index (χ1n) is 7.15. The lowest BCUT2D eigenvalue weighted by Crippen LogP contribution is -2.36. The Morgan fingerprint density at radius 1 is 1.50 bits per heavy atom. The number of hydrogen-bond acceptors (Lipinski definition) is 4. The van der Waals surface area contributed by atoms with Crippen LogP contribution in [0.1, 0.15) is 28.8 Å². The number of nitrogens with zero attached hydrogens (tertiary/aromatic N) is 2. The molecular weight excluding hydrogens is 252 g/mol. The standard InChI is InChI=1S/C16H24N2O2/c1-17(11-15-5-4-8-18(15)2)10-14-9-13(12-19)6-7-16(14)20-3/h6-7,9,12,15H,4-5,8,10-11H2,1-3H3. The van der Waals surface area contributed by atoms with Crippen LogP contribution >= 0.6 is 0 Å². The van der Waals surface area contributed by atoms with Gasteiger partial charge in [-0.1, -0.05) is 0 Å². The lowest BCUT2D eigenvalue weighted by atomic mass is 10.1. The van der Waals surface area contributed by atoms with Crippen molar-refractivity contribution in [2.75, 3.05) is 34.3 Å². The summed E-state index contributed by atoms with van der Waals surface area (Å²) in [5.41, 5.74) is 1.77. The summed E-state index contributed by atoms with van der Waals surface area (Å²) in [5, 5.41) is 0. The van der Waals surface area contributed by atoms with E-state index < -0.39 is 0 Å². The highest BCUT2D eigenvalue weighted by atomic mass is 16.5. The van der Waals surface area contributed by atoms with Gasteiger partial charge in [-0.25, -0.2) is 0 Å². The molecule has 1 aromatic carbocycles. The Morgan fingerprint density at radius 3 is 2.90 bits per heavy atom. The van der Waals surface area contributed by atoms with Gasteiger partial charge in [0, 0.05) is 30.3 Å². The van der Waals surface area contributed by atoms with Gasteiger partial charge in [-0.3, -0.25) is 4.79 Å². The minimum absolute atomic E-state index is 0.639. The SMILES string of the molecule is COc1ccc(C=O)cc1CN(C)CC1CCCN1C. The van der Waals surface area contributed by atoms with Crippen molar-refractivity contribution in [3.05, 3.63) is 29.3 Å². The van der Waals surface area contributed by atoms with Crippen LogP contribution in [0.15, 0.2) is 18.2 Å². The van der Waals surface area contributed by atoms with Crippen molar-refractivity contribution in [3.8, 4) is 5.75 Å². The lowest BCUT2D eigenvalue weighted by Gasteiger charge is -2.26. The Hall–Kier alpha value is -1.39. The summed E-state index contributed by atoms with van der Waals surface area (Å²) in [6.45, 7) is 3.04. The second kappa shape index (κ2) is 6.86. The largest absolute Gasteiger partial charge is 0.496 e. The molecule has 1 atom stereocenters. The van der Waals surface area contributed by atoms with Crippen LogP contribution < -0.4 is 4.74 Å². The summed E-state index contributed by atoms with van der Waals surface area (Å²) in [6, 6.07) is 6.22. The number of benzene rings is 1. The number of ether oxygens (including phenoxy) is 1. The minimum Gasteiger partial charge on any atom is -0.496 e. The Morgan fingerprint density at radius 2 is 2.30 bits per heavy atom. The summed E-state index contributed by atoms with van der Waals surface area (Å²) in [6.07, 6.45) is 3.44. The van der Waals surface area contributed by atoms with Crippen LogP contribution in [-0.4, -0.2) is 56.4 Å². The molecule has 2 rings (SSSR count).